The van der Waals surface area contributed by atoms with Crippen molar-refractivity contribution < 1.29 is 17.7 Å². The molecule has 0 amide bonds. The molecule has 0 aliphatic heterocycles. The molecule has 1 aliphatic carbocycles. The lowest BCUT2D eigenvalue weighted by atomic mass is 9.92. The molecule has 2 unspecified atom stereocenters. The molecular weight excluding hydrogens is 350 g/mol. The van der Waals surface area contributed by atoms with Gasteiger partial charge in [0, 0.05) is 12.0 Å². The lowest BCUT2D eigenvalue weighted by Gasteiger charge is -2.18. The van der Waals surface area contributed by atoms with Crippen LogP contribution >= 0.6 is 0 Å². The lowest BCUT2D eigenvalue weighted by Crippen LogP contribution is -2.22. The first-order valence-electron chi connectivity index (χ1n) is 8.68. The van der Waals surface area contributed by atoms with E-state index in [9.17, 15) is 13.0 Å². The molecule has 6 heteroatoms. The van der Waals surface area contributed by atoms with Crippen molar-refractivity contribution in [1.82, 2.24) is 4.90 Å². The molecule has 0 spiro atoms. The zero-order valence-corrected chi connectivity index (χ0v) is 15.9. The Bertz CT molecular complexity index is 834. The van der Waals surface area contributed by atoms with Gasteiger partial charge in [-0.15, -0.1) is 0 Å². The van der Waals surface area contributed by atoms with Crippen LogP contribution in [0.4, 0.5) is 0 Å². The van der Waals surface area contributed by atoms with Gasteiger partial charge in [0.15, 0.2) is 0 Å². The van der Waals surface area contributed by atoms with Crippen molar-refractivity contribution in [3.8, 4) is 5.75 Å². The molecule has 1 N–H and O–H groups in total. The number of hydrogen-bond acceptors (Lipinski definition) is 4. The van der Waals surface area contributed by atoms with Gasteiger partial charge >= 0.3 is 0 Å². The average molecular weight is 375 g/mol. The van der Waals surface area contributed by atoms with Gasteiger partial charge in [0.1, 0.15) is 12.4 Å². The van der Waals surface area contributed by atoms with Crippen LogP contribution in [0.1, 0.15) is 23.5 Å². The summed E-state index contributed by atoms with van der Waals surface area (Å²) < 4.78 is 38.5. The normalized spacial score (nSPS) is 22.4. The van der Waals surface area contributed by atoms with Gasteiger partial charge in [-0.3, -0.25) is 4.55 Å². The molecule has 1 saturated carbocycles. The molecule has 2 aromatic carbocycles. The summed E-state index contributed by atoms with van der Waals surface area (Å²) in [6, 6.07) is 17.4. The maximum absolute atomic E-state index is 11.6. The zero-order chi connectivity index (χ0) is 18.8. The van der Waals surface area contributed by atoms with E-state index in [-0.39, 0.29) is 11.7 Å². The molecule has 0 heterocycles. The Morgan fingerprint density at radius 1 is 1.12 bits per heavy atom. The van der Waals surface area contributed by atoms with Gasteiger partial charge in [0.05, 0.1) is 5.75 Å². The van der Waals surface area contributed by atoms with Crippen molar-refractivity contribution in [2.75, 3.05) is 33.0 Å². The highest BCUT2D eigenvalue weighted by molar-refractivity contribution is 7.85. The van der Waals surface area contributed by atoms with Crippen LogP contribution in [0.3, 0.4) is 0 Å². The molecule has 0 bridgehead atoms. The summed E-state index contributed by atoms with van der Waals surface area (Å²) in [5, 5.41) is 0. The number of benzene rings is 2. The van der Waals surface area contributed by atoms with Crippen LogP contribution in [-0.4, -0.2) is 50.9 Å². The maximum Gasteiger partial charge on any atom is 0.265 e. The summed E-state index contributed by atoms with van der Waals surface area (Å²) in [4.78, 5) is 2.05. The molecule has 1 aliphatic rings. The van der Waals surface area contributed by atoms with E-state index in [1.54, 1.807) is 0 Å². The minimum Gasteiger partial charge on any atom is -0.492 e. The molecule has 0 aromatic heterocycles. The van der Waals surface area contributed by atoms with Crippen molar-refractivity contribution in [2.24, 2.45) is 0 Å². The Kier molecular flexibility index (Phi) is 5.37. The Morgan fingerprint density at radius 2 is 1.77 bits per heavy atom. The van der Waals surface area contributed by atoms with E-state index in [4.69, 9.17) is 4.74 Å². The van der Waals surface area contributed by atoms with Crippen LogP contribution in [0.25, 0.3) is 0 Å². The predicted molar refractivity (Wildman–Crippen MR) is 102 cm³/mol. The summed E-state index contributed by atoms with van der Waals surface area (Å²) in [6.45, 7) is 1.42. The first-order valence-corrected chi connectivity index (χ1v) is 10.3. The van der Waals surface area contributed by atoms with Gasteiger partial charge in [0.25, 0.3) is 10.1 Å². The van der Waals surface area contributed by atoms with Crippen molar-refractivity contribution >= 4 is 10.1 Å². The van der Waals surface area contributed by atoms with Gasteiger partial charge in [-0.05, 0) is 49.7 Å². The quantitative estimate of drug-likeness (QED) is 0.719. The molecule has 2 atom stereocenters. The predicted octanol–water partition coefficient (Wildman–Crippen LogP) is 2.94. The third-order valence-electron chi connectivity index (χ3n) is 4.95. The highest BCUT2D eigenvalue weighted by Crippen LogP contribution is 2.61. The van der Waals surface area contributed by atoms with Gasteiger partial charge in [-0.1, -0.05) is 42.5 Å². The minimum atomic E-state index is -4.08. The second-order valence-corrected chi connectivity index (χ2v) is 8.68. The van der Waals surface area contributed by atoms with Crippen molar-refractivity contribution in [1.29, 1.82) is 0 Å². The standard InChI is InChI=1S/C20H25NO4S/c1-21(2)12-13-25-18-10-8-17(9-11-18)20(15-26(22,23)24)14-19(20)16-6-4-3-5-7-16/h3-11,19H,12-15H2,1-2H3,(H,22,23,24). The Morgan fingerprint density at radius 3 is 2.35 bits per heavy atom. The second-order valence-electron chi connectivity index (χ2n) is 7.23. The van der Waals surface area contributed by atoms with Gasteiger partial charge < -0.3 is 9.64 Å². The molecule has 0 radical (unpaired) electrons. The Balaban J connectivity index is 1.80. The number of likely N-dealkylation sites (N-methyl/N-ethyl adjacent to an activating group) is 1. The summed E-state index contributed by atoms with van der Waals surface area (Å²) in [5.41, 5.74) is 1.45. The lowest BCUT2D eigenvalue weighted by molar-refractivity contribution is 0.261. The monoisotopic (exact) mass is 375 g/mol. The maximum atomic E-state index is 11.6. The highest BCUT2D eigenvalue weighted by Gasteiger charge is 2.57. The smallest absolute Gasteiger partial charge is 0.265 e. The first kappa shape index (κ1) is 18.9. The molecule has 1 fully saturated rings. The largest absolute Gasteiger partial charge is 0.492 e. The fraction of sp³-hybridized carbons (Fsp3) is 0.400. The van der Waals surface area contributed by atoms with E-state index in [1.807, 2.05) is 73.6 Å². The Hall–Kier alpha value is -1.89. The number of hydrogen-bond donors (Lipinski definition) is 1. The van der Waals surface area contributed by atoms with E-state index >= 15 is 0 Å². The topological polar surface area (TPSA) is 66.8 Å². The summed E-state index contributed by atoms with van der Waals surface area (Å²) in [7, 11) is -0.102. The molecule has 0 saturated heterocycles. The van der Waals surface area contributed by atoms with Crippen LogP contribution in [0.2, 0.25) is 0 Å². The zero-order valence-electron chi connectivity index (χ0n) is 15.1. The fourth-order valence-corrected chi connectivity index (χ4v) is 4.68. The van der Waals surface area contributed by atoms with E-state index in [2.05, 4.69) is 0 Å². The van der Waals surface area contributed by atoms with Crippen LogP contribution in [0.5, 0.6) is 5.75 Å². The Labute approximate surface area is 155 Å². The third kappa shape index (κ3) is 4.44. The summed E-state index contributed by atoms with van der Waals surface area (Å²) in [6.07, 6.45) is 0.706. The summed E-state index contributed by atoms with van der Waals surface area (Å²) >= 11 is 0. The van der Waals surface area contributed by atoms with Crippen molar-refractivity contribution in [3.05, 3.63) is 65.7 Å². The minimum absolute atomic E-state index is 0.0890. The average Bonchev–Trinajstić information content (AvgIpc) is 3.29. The van der Waals surface area contributed by atoms with Crippen molar-refractivity contribution in [3.63, 3.8) is 0 Å². The molecule has 2 aromatic rings. The van der Waals surface area contributed by atoms with Gasteiger partial charge in [-0.25, -0.2) is 0 Å². The van der Waals surface area contributed by atoms with Gasteiger partial charge in [-0.2, -0.15) is 8.42 Å². The SMILES string of the molecule is CN(C)CCOc1ccc(C2(CS(=O)(=O)O)CC2c2ccccc2)cc1. The van der Waals surface area contributed by atoms with Crippen LogP contribution in [-0.2, 0) is 15.5 Å². The van der Waals surface area contributed by atoms with Crippen molar-refractivity contribution in [2.45, 2.75) is 17.8 Å². The highest BCUT2D eigenvalue weighted by atomic mass is 32.2. The van der Waals surface area contributed by atoms with E-state index < -0.39 is 15.5 Å². The van der Waals surface area contributed by atoms with E-state index in [0.717, 1.165) is 23.4 Å². The summed E-state index contributed by atoms with van der Waals surface area (Å²) in [5.74, 6) is 0.584. The van der Waals surface area contributed by atoms with Gasteiger partial charge in [0.2, 0.25) is 0 Å². The number of rotatable bonds is 8. The van der Waals surface area contributed by atoms with Crippen LogP contribution < -0.4 is 4.74 Å². The first-order chi connectivity index (χ1) is 12.3. The number of ether oxygens (including phenoxy) is 1. The fourth-order valence-electron chi connectivity index (χ4n) is 3.54. The molecule has 3 rings (SSSR count). The van der Waals surface area contributed by atoms with E-state index in [1.165, 1.54) is 0 Å². The molecular formula is C20H25NO4S. The molecule has 140 valence electrons. The van der Waals surface area contributed by atoms with Crippen LogP contribution in [0, 0.1) is 0 Å². The molecule has 5 nitrogen and oxygen atoms in total. The number of nitrogens with zero attached hydrogens (tertiary/aromatic N) is 1. The van der Waals surface area contributed by atoms with E-state index in [0.29, 0.717) is 13.0 Å². The van der Waals surface area contributed by atoms with Crippen LogP contribution in [0.15, 0.2) is 54.6 Å². The third-order valence-corrected chi connectivity index (χ3v) is 5.83. The molecule has 26 heavy (non-hydrogen) atoms. The second kappa shape index (κ2) is 7.39.